The van der Waals surface area contributed by atoms with Crippen molar-refractivity contribution in [2.45, 2.75) is 27.7 Å². The first-order valence-corrected chi connectivity index (χ1v) is 8.31. The Bertz CT molecular complexity index is 864. The minimum Gasteiger partial charge on any atom is -0.366 e. The highest BCUT2D eigenvalue weighted by Gasteiger charge is 2.18. The Morgan fingerprint density at radius 1 is 0.800 bits per heavy atom. The monoisotopic (exact) mass is 330 g/mol. The van der Waals surface area contributed by atoms with E-state index < -0.39 is 5.91 Å². The van der Waals surface area contributed by atoms with E-state index in [2.05, 4.69) is 29.2 Å². The van der Waals surface area contributed by atoms with Crippen LogP contribution < -0.4 is 5.73 Å². The van der Waals surface area contributed by atoms with Crippen LogP contribution in [0, 0.1) is 27.7 Å². The molecule has 0 aliphatic heterocycles. The van der Waals surface area contributed by atoms with Gasteiger partial charge in [-0.1, -0.05) is 46.5 Å². The van der Waals surface area contributed by atoms with Gasteiger partial charge in [0.15, 0.2) is 0 Å². The lowest BCUT2D eigenvalue weighted by molar-refractivity contribution is 0.100. The van der Waals surface area contributed by atoms with Gasteiger partial charge in [0, 0.05) is 11.8 Å². The summed E-state index contributed by atoms with van der Waals surface area (Å²) in [6.45, 7) is 8.17. The van der Waals surface area contributed by atoms with Gasteiger partial charge in [0.2, 0.25) is 0 Å². The van der Waals surface area contributed by atoms with Gasteiger partial charge in [-0.05, 0) is 57.0 Å². The van der Waals surface area contributed by atoms with Crippen LogP contribution in [0.4, 0.5) is 0 Å². The summed E-state index contributed by atoms with van der Waals surface area (Å²) in [4.78, 5) is 16.8. The van der Waals surface area contributed by atoms with Crippen molar-refractivity contribution >= 4 is 5.91 Å². The van der Waals surface area contributed by atoms with Gasteiger partial charge in [-0.3, -0.25) is 9.78 Å². The van der Waals surface area contributed by atoms with Gasteiger partial charge >= 0.3 is 0 Å². The van der Waals surface area contributed by atoms with Gasteiger partial charge in [0.1, 0.15) is 0 Å². The summed E-state index contributed by atoms with van der Waals surface area (Å²) in [6.07, 6.45) is 1.74. The number of rotatable bonds is 3. The van der Waals surface area contributed by atoms with Crippen LogP contribution in [0.5, 0.6) is 0 Å². The van der Waals surface area contributed by atoms with Gasteiger partial charge < -0.3 is 5.73 Å². The lowest BCUT2D eigenvalue weighted by Gasteiger charge is -2.14. The molecule has 0 bridgehead atoms. The SMILES string of the molecule is Cc1cc(C)cc(-c2ccnc(-c3cc(C)cc(C)c3)c2C(N)=O)c1. The van der Waals surface area contributed by atoms with E-state index in [0.29, 0.717) is 11.3 Å². The number of carbonyl (C=O) groups is 1. The van der Waals surface area contributed by atoms with E-state index in [1.165, 1.54) is 0 Å². The van der Waals surface area contributed by atoms with Gasteiger partial charge in [-0.2, -0.15) is 0 Å². The van der Waals surface area contributed by atoms with Gasteiger partial charge in [-0.25, -0.2) is 0 Å². The zero-order valence-corrected chi connectivity index (χ0v) is 15.1. The van der Waals surface area contributed by atoms with E-state index in [1.54, 1.807) is 6.20 Å². The van der Waals surface area contributed by atoms with Crippen LogP contribution in [-0.4, -0.2) is 10.9 Å². The van der Waals surface area contributed by atoms with Crippen molar-refractivity contribution in [3.8, 4) is 22.4 Å². The molecule has 3 heteroatoms. The molecule has 2 N–H and O–H groups in total. The fourth-order valence-corrected chi connectivity index (χ4v) is 3.41. The molecular weight excluding hydrogens is 308 g/mol. The largest absolute Gasteiger partial charge is 0.366 e. The second-order valence-corrected chi connectivity index (χ2v) is 6.70. The van der Waals surface area contributed by atoms with Crippen molar-refractivity contribution in [2.75, 3.05) is 0 Å². The van der Waals surface area contributed by atoms with Crippen LogP contribution >= 0.6 is 0 Å². The fraction of sp³-hybridized carbons (Fsp3) is 0.182. The van der Waals surface area contributed by atoms with E-state index in [1.807, 2.05) is 45.9 Å². The number of amides is 1. The summed E-state index contributed by atoms with van der Waals surface area (Å²) < 4.78 is 0. The minimum atomic E-state index is -0.462. The molecule has 25 heavy (non-hydrogen) atoms. The zero-order valence-electron chi connectivity index (χ0n) is 15.1. The quantitative estimate of drug-likeness (QED) is 0.753. The Balaban J connectivity index is 2.30. The summed E-state index contributed by atoms with van der Waals surface area (Å²) in [5.74, 6) is -0.462. The minimum absolute atomic E-state index is 0.462. The maximum Gasteiger partial charge on any atom is 0.251 e. The number of benzene rings is 2. The summed E-state index contributed by atoms with van der Waals surface area (Å²) in [7, 11) is 0. The van der Waals surface area contributed by atoms with Gasteiger partial charge in [0.25, 0.3) is 5.91 Å². The standard InChI is InChI=1S/C22H22N2O/c1-13-7-14(2)10-17(9-13)19-5-6-24-21(20(19)22(23)25)18-11-15(3)8-16(4)12-18/h5-12H,1-4H3,(H2,23,25). The highest BCUT2D eigenvalue weighted by atomic mass is 16.1. The predicted octanol–water partition coefficient (Wildman–Crippen LogP) is 4.75. The Labute approximate surface area is 148 Å². The van der Waals surface area contributed by atoms with Crippen molar-refractivity contribution in [1.29, 1.82) is 0 Å². The number of hydrogen-bond donors (Lipinski definition) is 1. The van der Waals surface area contributed by atoms with E-state index >= 15 is 0 Å². The van der Waals surface area contributed by atoms with Crippen molar-refractivity contribution in [1.82, 2.24) is 4.98 Å². The Morgan fingerprint density at radius 3 is 1.76 bits per heavy atom. The maximum absolute atomic E-state index is 12.3. The van der Waals surface area contributed by atoms with E-state index in [9.17, 15) is 4.79 Å². The predicted molar refractivity (Wildman–Crippen MR) is 103 cm³/mol. The summed E-state index contributed by atoms with van der Waals surface area (Å²) >= 11 is 0. The number of pyridine rings is 1. The Morgan fingerprint density at radius 2 is 1.28 bits per heavy atom. The molecule has 3 nitrogen and oxygen atoms in total. The van der Waals surface area contributed by atoms with Crippen molar-refractivity contribution < 1.29 is 4.79 Å². The molecule has 0 spiro atoms. The van der Waals surface area contributed by atoms with Gasteiger partial charge in [-0.15, -0.1) is 0 Å². The first-order chi connectivity index (χ1) is 11.8. The fourth-order valence-electron chi connectivity index (χ4n) is 3.41. The smallest absolute Gasteiger partial charge is 0.251 e. The average molecular weight is 330 g/mol. The van der Waals surface area contributed by atoms with Crippen LogP contribution in [0.3, 0.4) is 0 Å². The molecule has 0 fully saturated rings. The number of nitrogens with zero attached hydrogens (tertiary/aromatic N) is 1. The molecule has 1 aromatic heterocycles. The number of primary amides is 1. The topological polar surface area (TPSA) is 56.0 Å². The van der Waals surface area contributed by atoms with Crippen molar-refractivity contribution in [3.63, 3.8) is 0 Å². The molecule has 0 aliphatic rings. The molecule has 0 unspecified atom stereocenters. The lowest BCUT2D eigenvalue weighted by atomic mass is 9.93. The molecule has 0 atom stereocenters. The van der Waals surface area contributed by atoms with E-state index in [-0.39, 0.29) is 0 Å². The molecule has 3 aromatic rings. The average Bonchev–Trinajstić information content (AvgIpc) is 2.52. The third kappa shape index (κ3) is 3.45. The number of aromatic nitrogens is 1. The van der Waals surface area contributed by atoms with Crippen LogP contribution in [0.25, 0.3) is 22.4 Å². The highest BCUT2D eigenvalue weighted by Crippen LogP contribution is 2.32. The number of aryl methyl sites for hydroxylation is 4. The zero-order chi connectivity index (χ0) is 18.1. The number of hydrogen-bond acceptors (Lipinski definition) is 2. The molecule has 126 valence electrons. The summed E-state index contributed by atoms with van der Waals surface area (Å²) in [5, 5.41) is 0. The van der Waals surface area contributed by atoms with Crippen molar-refractivity contribution in [3.05, 3.63) is 76.5 Å². The molecule has 0 saturated heterocycles. The normalized spacial score (nSPS) is 10.7. The van der Waals surface area contributed by atoms with Crippen LogP contribution in [-0.2, 0) is 0 Å². The van der Waals surface area contributed by atoms with Crippen LogP contribution in [0.15, 0.2) is 48.7 Å². The molecule has 1 heterocycles. The lowest BCUT2D eigenvalue weighted by Crippen LogP contribution is -2.15. The molecule has 3 rings (SSSR count). The summed E-state index contributed by atoms with van der Waals surface area (Å²) in [6, 6.07) is 14.3. The second-order valence-electron chi connectivity index (χ2n) is 6.70. The molecule has 1 amide bonds. The maximum atomic E-state index is 12.3. The van der Waals surface area contributed by atoms with Crippen LogP contribution in [0.2, 0.25) is 0 Å². The second kappa shape index (κ2) is 6.52. The number of carbonyl (C=O) groups excluding carboxylic acids is 1. The first-order valence-electron chi connectivity index (χ1n) is 8.31. The van der Waals surface area contributed by atoms with Crippen LogP contribution in [0.1, 0.15) is 32.6 Å². The molecule has 0 aliphatic carbocycles. The third-order valence-electron chi connectivity index (χ3n) is 4.23. The molecular formula is C22H22N2O. The van der Waals surface area contributed by atoms with Crippen molar-refractivity contribution in [2.24, 2.45) is 5.73 Å². The highest BCUT2D eigenvalue weighted by molar-refractivity contribution is 6.05. The molecule has 0 radical (unpaired) electrons. The number of nitrogens with two attached hydrogens (primary N) is 1. The summed E-state index contributed by atoms with van der Waals surface area (Å²) in [5.41, 5.74) is 14.1. The molecule has 2 aromatic carbocycles. The van der Waals surface area contributed by atoms with Gasteiger partial charge in [0.05, 0.1) is 11.3 Å². The first kappa shape index (κ1) is 16.9. The Hall–Kier alpha value is -2.94. The third-order valence-corrected chi connectivity index (χ3v) is 4.23. The van der Waals surface area contributed by atoms with E-state index in [0.717, 1.165) is 38.9 Å². The molecule has 0 saturated carbocycles. The van der Waals surface area contributed by atoms with E-state index in [4.69, 9.17) is 5.73 Å². The Kier molecular flexibility index (Phi) is 4.41.